The maximum atomic E-state index is 12.6. The van der Waals surface area contributed by atoms with Gasteiger partial charge in [-0.2, -0.15) is 4.99 Å². The lowest BCUT2D eigenvalue weighted by atomic mass is 10.2. The van der Waals surface area contributed by atoms with E-state index in [-0.39, 0.29) is 16.3 Å². The Balaban J connectivity index is 2.23. The number of para-hydroxylation sites is 1. The van der Waals surface area contributed by atoms with Gasteiger partial charge in [0.2, 0.25) is 0 Å². The van der Waals surface area contributed by atoms with E-state index in [2.05, 4.69) is 11.6 Å². The molecule has 0 aliphatic heterocycles. The Hall–Kier alpha value is -2.48. The van der Waals surface area contributed by atoms with E-state index in [1.807, 2.05) is 6.07 Å². The molecular formula is C17H11Cl2N3O3S. The zero-order chi connectivity index (χ0) is 18.8. The molecule has 0 bridgehead atoms. The molecule has 0 radical (unpaired) electrons. The van der Waals surface area contributed by atoms with Crippen LogP contribution >= 0.6 is 34.5 Å². The van der Waals surface area contributed by atoms with E-state index in [0.717, 1.165) is 10.2 Å². The van der Waals surface area contributed by atoms with Crippen LogP contribution in [0.25, 0.3) is 10.2 Å². The van der Waals surface area contributed by atoms with Crippen molar-refractivity contribution in [2.45, 2.75) is 6.54 Å². The number of carbonyl (C=O) groups excluding carboxylic acids is 1. The van der Waals surface area contributed by atoms with Crippen LogP contribution in [-0.4, -0.2) is 15.4 Å². The second-order valence-corrected chi connectivity index (χ2v) is 7.06. The number of allylic oxidation sites excluding steroid dienone is 1. The lowest BCUT2D eigenvalue weighted by Crippen LogP contribution is -2.17. The third kappa shape index (κ3) is 3.41. The zero-order valence-corrected chi connectivity index (χ0v) is 15.5. The van der Waals surface area contributed by atoms with Gasteiger partial charge in [-0.15, -0.1) is 6.58 Å². The number of benzene rings is 2. The van der Waals surface area contributed by atoms with Gasteiger partial charge in [-0.25, -0.2) is 0 Å². The van der Waals surface area contributed by atoms with Gasteiger partial charge in [0, 0.05) is 17.6 Å². The van der Waals surface area contributed by atoms with Crippen molar-refractivity contribution in [1.29, 1.82) is 0 Å². The number of hydrogen-bond donors (Lipinski definition) is 0. The molecule has 6 nitrogen and oxygen atoms in total. The Morgan fingerprint density at radius 1 is 1.35 bits per heavy atom. The second kappa shape index (κ2) is 7.41. The van der Waals surface area contributed by atoms with Crippen molar-refractivity contribution in [1.82, 2.24) is 4.57 Å². The van der Waals surface area contributed by atoms with Gasteiger partial charge >= 0.3 is 0 Å². The predicted octanol–water partition coefficient (Wildman–Crippen LogP) is 4.84. The van der Waals surface area contributed by atoms with E-state index >= 15 is 0 Å². The summed E-state index contributed by atoms with van der Waals surface area (Å²) in [6, 6.07) is 9.18. The number of nitro groups is 1. The number of fused-ring (bicyclic) bond motifs is 1. The first kappa shape index (κ1) is 18.3. The van der Waals surface area contributed by atoms with E-state index in [1.54, 1.807) is 22.8 Å². The summed E-state index contributed by atoms with van der Waals surface area (Å²) in [6.07, 6.45) is 1.65. The van der Waals surface area contributed by atoms with Crippen molar-refractivity contribution < 1.29 is 9.72 Å². The van der Waals surface area contributed by atoms with Crippen molar-refractivity contribution in [3.05, 3.63) is 79.6 Å². The smallest absolute Gasteiger partial charge is 0.286 e. The average Bonchev–Trinajstić information content (AvgIpc) is 2.93. The van der Waals surface area contributed by atoms with Crippen LogP contribution in [-0.2, 0) is 6.54 Å². The van der Waals surface area contributed by atoms with Crippen LogP contribution in [0.1, 0.15) is 10.4 Å². The van der Waals surface area contributed by atoms with Crippen molar-refractivity contribution >= 4 is 56.3 Å². The van der Waals surface area contributed by atoms with Gasteiger partial charge in [0.1, 0.15) is 5.56 Å². The molecule has 0 atom stereocenters. The largest absolute Gasteiger partial charge is 0.311 e. The first-order valence-corrected chi connectivity index (χ1v) is 8.91. The fourth-order valence-electron chi connectivity index (χ4n) is 2.46. The molecule has 0 aliphatic rings. The third-order valence-electron chi connectivity index (χ3n) is 3.55. The summed E-state index contributed by atoms with van der Waals surface area (Å²) in [5.74, 6) is -0.750. The number of hydrogen-bond acceptors (Lipinski definition) is 4. The van der Waals surface area contributed by atoms with Gasteiger partial charge in [0.15, 0.2) is 4.80 Å². The Kier molecular flexibility index (Phi) is 5.22. The second-order valence-electron chi connectivity index (χ2n) is 5.21. The molecule has 3 rings (SSSR count). The van der Waals surface area contributed by atoms with Crippen LogP contribution in [0, 0.1) is 10.1 Å². The van der Waals surface area contributed by atoms with Crippen molar-refractivity contribution in [2.75, 3.05) is 0 Å². The van der Waals surface area contributed by atoms with Crippen LogP contribution in [0.2, 0.25) is 10.0 Å². The highest BCUT2D eigenvalue weighted by Crippen LogP contribution is 2.26. The summed E-state index contributed by atoms with van der Waals surface area (Å²) >= 11 is 13.4. The minimum absolute atomic E-state index is 0.170. The minimum Gasteiger partial charge on any atom is -0.311 e. The SMILES string of the molecule is C=CCn1c(=NC(=O)c2cc(Cl)ccc2[N+](=O)[O-])sc2cccc(Cl)c21. The molecule has 0 unspecified atom stereocenters. The highest BCUT2D eigenvalue weighted by molar-refractivity contribution is 7.16. The molecule has 0 saturated heterocycles. The van der Waals surface area contributed by atoms with Gasteiger partial charge < -0.3 is 4.57 Å². The standard InChI is InChI=1S/C17H11Cl2N3O3S/c1-2-8-21-15-12(19)4-3-5-14(15)26-17(21)20-16(23)11-9-10(18)6-7-13(11)22(24)25/h2-7,9H,1,8H2. The van der Waals surface area contributed by atoms with E-state index < -0.39 is 10.8 Å². The van der Waals surface area contributed by atoms with Crippen LogP contribution in [0.5, 0.6) is 0 Å². The molecule has 1 aromatic heterocycles. The maximum Gasteiger partial charge on any atom is 0.286 e. The van der Waals surface area contributed by atoms with E-state index in [0.29, 0.717) is 16.4 Å². The molecule has 0 aliphatic carbocycles. The number of carbonyl (C=O) groups is 1. The minimum atomic E-state index is -0.750. The summed E-state index contributed by atoms with van der Waals surface area (Å²) in [5, 5.41) is 11.9. The molecule has 0 fully saturated rings. The van der Waals surface area contributed by atoms with Crippen molar-refractivity contribution in [3.8, 4) is 0 Å². The predicted molar refractivity (Wildman–Crippen MR) is 103 cm³/mol. The van der Waals surface area contributed by atoms with Crippen LogP contribution in [0.15, 0.2) is 54.0 Å². The van der Waals surface area contributed by atoms with Gasteiger partial charge in [-0.05, 0) is 24.3 Å². The molecule has 26 heavy (non-hydrogen) atoms. The fraction of sp³-hybridized carbons (Fsp3) is 0.0588. The molecule has 1 heterocycles. The number of nitro benzene ring substituents is 1. The number of thiazole rings is 1. The molecule has 0 N–H and O–H groups in total. The molecular weight excluding hydrogens is 397 g/mol. The van der Waals surface area contributed by atoms with E-state index in [4.69, 9.17) is 23.2 Å². The highest BCUT2D eigenvalue weighted by Gasteiger charge is 2.21. The van der Waals surface area contributed by atoms with Crippen molar-refractivity contribution in [2.24, 2.45) is 4.99 Å². The molecule has 0 saturated carbocycles. The van der Waals surface area contributed by atoms with Crippen LogP contribution in [0.3, 0.4) is 0 Å². The van der Waals surface area contributed by atoms with Crippen molar-refractivity contribution in [3.63, 3.8) is 0 Å². The highest BCUT2D eigenvalue weighted by atomic mass is 35.5. The lowest BCUT2D eigenvalue weighted by molar-refractivity contribution is -0.385. The number of amides is 1. The molecule has 0 spiro atoms. The summed E-state index contributed by atoms with van der Waals surface area (Å²) in [6.45, 7) is 4.09. The Morgan fingerprint density at radius 2 is 2.12 bits per heavy atom. The normalized spacial score (nSPS) is 11.7. The quantitative estimate of drug-likeness (QED) is 0.352. The number of halogens is 2. The summed E-state index contributed by atoms with van der Waals surface area (Å²) < 4.78 is 2.58. The summed E-state index contributed by atoms with van der Waals surface area (Å²) in [7, 11) is 0. The molecule has 1 amide bonds. The van der Waals surface area contributed by atoms with Gasteiger partial charge in [-0.3, -0.25) is 14.9 Å². The third-order valence-corrected chi connectivity index (χ3v) is 5.13. The van der Waals surface area contributed by atoms with Crippen LogP contribution in [0.4, 0.5) is 5.69 Å². The Bertz CT molecular complexity index is 1120. The number of rotatable bonds is 4. The molecule has 2 aromatic carbocycles. The van der Waals surface area contributed by atoms with E-state index in [1.165, 1.54) is 29.5 Å². The van der Waals surface area contributed by atoms with Gasteiger partial charge in [0.05, 0.1) is 20.2 Å². The number of nitrogens with zero attached hydrogens (tertiary/aromatic N) is 3. The number of aromatic nitrogens is 1. The Morgan fingerprint density at radius 3 is 2.81 bits per heavy atom. The fourth-order valence-corrected chi connectivity index (χ4v) is 4.03. The van der Waals surface area contributed by atoms with Crippen LogP contribution < -0.4 is 4.80 Å². The topological polar surface area (TPSA) is 77.5 Å². The molecule has 3 aromatic rings. The monoisotopic (exact) mass is 407 g/mol. The summed E-state index contributed by atoms with van der Waals surface area (Å²) in [5.41, 5.74) is 0.208. The van der Waals surface area contributed by atoms with Gasteiger partial charge in [0.25, 0.3) is 11.6 Å². The average molecular weight is 408 g/mol. The summed E-state index contributed by atoms with van der Waals surface area (Å²) in [4.78, 5) is 27.6. The van der Waals surface area contributed by atoms with E-state index in [9.17, 15) is 14.9 Å². The zero-order valence-electron chi connectivity index (χ0n) is 13.2. The molecule has 132 valence electrons. The first-order chi connectivity index (χ1) is 12.4. The first-order valence-electron chi connectivity index (χ1n) is 7.34. The lowest BCUT2D eigenvalue weighted by Gasteiger charge is -2.03. The maximum absolute atomic E-state index is 12.6. The molecule has 9 heteroatoms. The Labute approximate surface area is 161 Å². The van der Waals surface area contributed by atoms with Gasteiger partial charge in [-0.1, -0.05) is 46.7 Å².